The van der Waals surface area contributed by atoms with E-state index in [1.807, 2.05) is 24.3 Å². The molecule has 0 amide bonds. The number of aromatic nitrogens is 2. The first-order valence-electron chi connectivity index (χ1n) is 12.2. The third-order valence-electron chi connectivity index (χ3n) is 5.92. The lowest BCUT2D eigenvalue weighted by Gasteiger charge is -2.23. The molecule has 1 aliphatic rings. The van der Waals surface area contributed by atoms with Gasteiger partial charge < -0.3 is 10.1 Å². The van der Waals surface area contributed by atoms with Crippen molar-refractivity contribution in [2.45, 2.75) is 57.9 Å². The van der Waals surface area contributed by atoms with Crippen LogP contribution in [0, 0.1) is 11.8 Å². The van der Waals surface area contributed by atoms with Crippen LogP contribution in [0.2, 0.25) is 0 Å². The molecule has 0 spiro atoms. The minimum atomic E-state index is -3.89. The normalized spacial score (nSPS) is 17.0. The van der Waals surface area contributed by atoms with Crippen LogP contribution in [0.4, 0.5) is 11.6 Å². The van der Waals surface area contributed by atoms with Gasteiger partial charge in [0.25, 0.3) is 10.0 Å². The van der Waals surface area contributed by atoms with Gasteiger partial charge in [0.2, 0.25) is 11.8 Å². The summed E-state index contributed by atoms with van der Waals surface area (Å²) in [6.45, 7) is 9.09. The minimum Gasteiger partial charge on any atom is -0.475 e. The SMILES string of the molecule is CC(C)CCc1ccccc1-c1cc2nc(n1)NS(=O)(=O)c1cccc(c1)N[C@H](CC(C)C)CO2. The maximum atomic E-state index is 13.2. The Labute approximate surface area is 208 Å². The molecule has 0 aliphatic carbocycles. The van der Waals surface area contributed by atoms with Crippen molar-refractivity contribution in [3.05, 3.63) is 60.2 Å². The van der Waals surface area contributed by atoms with Gasteiger partial charge in [-0.3, -0.25) is 0 Å². The van der Waals surface area contributed by atoms with Crippen LogP contribution in [0.25, 0.3) is 11.3 Å². The Bertz CT molecular complexity index is 1270. The van der Waals surface area contributed by atoms with Gasteiger partial charge in [0, 0.05) is 17.3 Å². The number of sulfonamides is 1. The summed E-state index contributed by atoms with van der Waals surface area (Å²) >= 11 is 0. The molecule has 2 heterocycles. The molecule has 186 valence electrons. The molecule has 2 aromatic carbocycles. The Morgan fingerprint density at radius 3 is 2.57 bits per heavy atom. The molecular formula is C27H34N4O3S. The molecule has 0 saturated heterocycles. The standard InChI is InChI=1S/C27H34N4O3S/c1-18(2)12-13-20-8-5-6-11-24(20)25-16-26-30-27(29-25)31-35(32,33)23-10-7-9-21(15-23)28-22(17-34-26)14-19(3)4/h5-11,15-16,18-19,22,28H,12-14,17H2,1-4H3,(H,29,30,31)/t22-/m1/s1. The van der Waals surface area contributed by atoms with Crippen LogP contribution in [-0.2, 0) is 16.4 Å². The van der Waals surface area contributed by atoms with E-state index in [4.69, 9.17) is 4.74 Å². The summed E-state index contributed by atoms with van der Waals surface area (Å²) in [5.74, 6) is 1.34. The van der Waals surface area contributed by atoms with Crippen LogP contribution in [0.1, 0.15) is 46.1 Å². The highest BCUT2D eigenvalue weighted by atomic mass is 32.2. The van der Waals surface area contributed by atoms with E-state index >= 15 is 0 Å². The highest BCUT2D eigenvalue weighted by Gasteiger charge is 2.21. The van der Waals surface area contributed by atoms with Gasteiger partial charge in [-0.1, -0.05) is 58.0 Å². The number of hydrogen-bond donors (Lipinski definition) is 2. The Morgan fingerprint density at radius 1 is 1.00 bits per heavy atom. The van der Waals surface area contributed by atoms with Crippen molar-refractivity contribution in [1.82, 2.24) is 9.97 Å². The van der Waals surface area contributed by atoms with E-state index in [0.717, 1.165) is 36.1 Å². The highest BCUT2D eigenvalue weighted by molar-refractivity contribution is 7.92. The summed E-state index contributed by atoms with van der Waals surface area (Å²) in [5.41, 5.74) is 3.47. The van der Waals surface area contributed by atoms with Gasteiger partial charge in [0.15, 0.2) is 0 Å². The average Bonchev–Trinajstić information content (AvgIpc) is 2.80. The van der Waals surface area contributed by atoms with Crippen LogP contribution < -0.4 is 14.8 Å². The van der Waals surface area contributed by atoms with E-state index < -0.39 is 10.0 Å². The van der Waals surface area contributed by atoms with Crippen molar-refractivity contribution in [1.29, 1.82) is 0 Å². The Morgan fingerprint density at radius 2 is 1.80 bits per heavy atom. The molecule has 0 radical (unpaired) electrons. The van der Waals surface area contributed by atoms with Crippen molar-refractivity contribution in [2.75, 3.05) is 16.6 Å². The molecule has 0 saturated carbocycles. The van der Waals surface area contributed by atoms with Crippen LogP contribution in [0.5, 0.6) is 5.88 Å². The summed E-state index contributed by atoms with van der Waals surface area (Å²) in [5, 5.41) is 3.44. The van der Waals surface area contributed by atoms with Gasteiger partial charge in [-0.15, -0.1) is 0 Å². The van der Waals surface area contributed by atoms with E-state index in [1.165, 1.54) is 0 Å². The zero-order valence-corrected chi connectivity index (χ0v) is 21.6. The number of fused-ring (bicyclic) bond motifs is 4. The van der Waals surface area contributed by atoms with Crippen LogP contribution in [0.15, 0.2) is 59.5 Å². The number of ether oxygens (including phenoxy) is 1. The summed E-state index contributed by atoms with van der Waals surface area (Å²) in [4.78, 5) is 9.14. The first-order chi connectivity index (χ1) is 16.7. The van der Waals surface area contributed by atoms with E-state index in [2.05, 4.69) is 53.8 Å². The maximum Gasteiger partial charge on any atom is 0.264 e. The smallest absolute Gasteiger partial charge is 0.264 e. The zero-order chi connectivity index (χ0) is 25.0. The second-order valence-corrected chi connectivity index (χ2v) is 11.6. The van der Waals surface area contributed by atoms with Crippen molar-refractivity contribution < 1.29 is 13.2 Å². The molecule has 3 aromatic rings. The highest BCUT2D eigenvalue weighted by Crippen LogP contribution is 2.29. The Kier molecular flexibility index (Phi) is 7.60. The lowest BCUT2D eigenvalue weighted by atomic mass is 9.97. The predicted octanol–water partition coefficient (Wildman–Crippen LogP) is 5.75. The molecule has 0 unspecified atom stereocenters. The molecular weight excluding hydrogens is 460 g/mol. The lowest BCUT2D eigenvalue weighted by molar-refractivity contribution is 0.271. The number of rotatable bonds is 6. The fraction of sp³-hybridized carbons (Fsp3) is 0.407. The Balaban J connectivity index is 1.78. The van der Waals surface area contributed by atoms with Gasteiger partial charge in [0.1, 0.15) is 6.61 Å². The molecule has 4 bridgehead atoms. The van der Waals surface area contributed by atoms with Gasteiger partial charge in [-0.2, -0.15) is 4.98 Å². The molecule has 0 fully saturated rings. The number of nitrogens with one attached hydrogen (secondary N) is 2. The zero-order valence-electron chi connectivity index (χ0n) is 20.8. The van der Waals surface area contributed by atoms with E-state index in [9.17, 15) is 8.42 Å². The quantitative estimate of drug-likeness (QED) is 0.453. The summed E-state index contributed by atoms with van der Waals surface area (Å²) < 4.78 is 35.0. The lowest BCUT2D eigenvalue weighted by Crippen LogP contribution is -2.29. The second kappa shape index (κ2) is 10.6. The van der Waals surface area contributed by atoms with Crippen molar-refractivity contribution in [3.63, 3.8) is 0 Å². The number of anilines is 2. The molecule has 4 rings (SSSR count). The molecule has 35 heavy (non-hydrogen) atoms. The summed E-state index contributed by atoms with van der Waals surface area (Å²) in [6, 6.07) is 16.7. The van der Waals surface area contributed by atoms with E-state index in [0.29, 0.717) is 30.0 Å². The van der Waals surface area contributed by atoms with Crippen LogP contribution >= 0.6 is 0 Å². The molecule has 2 N–H and O–H groups in total. The fourth-order valence-electron chi connectivity index (χ4n) is 4.21. The van der Waals surface area contributed by atoms with Crippen LogP contribution in [-0.4, -0.2) is 31.0 Å². The van der Waals surface area contributed by atoms with Gasteiger partial charge >= 0.3 is 0 Å². The summed E-state index contributed by atoms with van der Waals surface area (Å²) in [7, 11) is -3.89. The van der Waals surface area contributed by atoms with E-state index in [-0.39, 0.29) is 16.9 Å². The monoisotopic (exact) mass is 494 g/mol. The molecule has 1 aliphatic heterocycles. The van der Waals surface area contributed by atoms with Crippen molar-refractivity contribution in [3.8, 4) is 17.1 Å². The summed E-state index contributed by atoms with van der Waals surface area (Å²) in [6.07, 6.45) is 2.81. The van der Waals surface area contributed by atoms with Crippen LogP contribution in [0.3, 0.4) is 0 Å². The molecule has 8 heteroatoms. The number of aryl methyl sites for hydroxylation is 1. The molecule has 1 aromatic heterocycles. The number of nitrogens with zero attached hydrogens (tertiary/aromatic N) is 2. The van der Waals surface area contributed by atoms with Crippen molar-refractivity contribution in [2.24, 2.45) is 11.8 Å². The minimum absolute atomic E-state index is 0.00416. The van der Waals surface area contributed by atoms with Gasteiger partial charge in [-0.05, 0) is 54.9 Å². The molecule has 7 nitrogen and oxygen atoms in total. The number of benzene rings is 2. The average molecular weight is 495 g/mol. The predicted molar refractivity (Wildman–Crippen MR) is 140 cm³/mol. The third kappa shape index (κ3) is 6.51. The van der Waals surface area contributed by atoms with Gasteiger partial charge in [-0.25, -0.2) is 18.1 Å². The van der Waals surface area contributed by atoms with Crippen molar-refractivity contribution >= 4 is 21.7 Å². The largest absolute Gasteiger partial charge is 0.475 e. The first-order valence-corrected chi connectivity index (χ1v) is 13.7. The van der Waals surface area contributed by atoms with Gasteiger partial charge in [0.05, 0.1) is 16.6 Å². The van der Waals surface area contributed by atoms with E-state index in [1.54, 1.807) is 24.3 Å². The Hall–Kier alpha value is -3.13. The molecule has 1 atom stereocenters. The second-order valence-electron chi connectivity index (χ2n) is 9.92. The first kappa shape index (κ1) is 25.0. The fourth-order valence-corrected chi connectivity index (χ4v) is 5.20. The number of hydrogen-bond acceptors (Lipinski definition) is 6. The maximum absolute atomic E-state index is 13.2. The topological polar surface area (TPSA) is 93.2 Å². The third-order valence-corrected chi connectivity index (χ3v) is 7.24.